The van der Waals surface area contributed by atoms with Crippen molar-refractivity contribution in [2.24, 2.45) is 5.92 Å². The average molecular weight is 534 g/mol. The molecule has 7 nitrogen and oxygen atoms in total. The molecule has 0 aliphatic heterocycles. The molecule has 11 heteroatoms. The van der Waals surface area contributed by atoms with Gasteiger partial charge in [-0.05, 0) is 48.4 Å². The highest BCUT2D eigenvalue weighted by Crippen LogP contribution is 2.33. The van der Waals surface area contributed by atoms with E-state index >= 15 is 0 Å². The summed E-state index contributed by atoms with van der Waals surface area (Å²) in [5.74, 6) is -1.09. The predicted molar refractivity (Wildman–Crippen MR) is 135 cm³/mol. The Balaban J connectivity index is 1.95. The highest BCUT2D eigenvalue weighted by molar-refractivity contribution is 7.92. The summed E-state index contributed by atoms with van der Waals surface area (Å²) < 4.78 is 67.5. The largest absolute Gasteiger partial charge is 0.416 e. The topological polar surface area (TPSA) is 95.6 Å². The van der Waals surface area contributed by atoms with Crippen molar-refractivity contribution in [1.82, 2.24) is 5.32 Å². The lowest BCUT2D eigenvalue weighted by Gasteiger charge is -2.25. The van der Waals surface area contributed by atoms with Gasteiger partial charge in [-0.3, -0.25) is 13.9 Å². The van der Waals surface area contributed by atoms with Crippen molar-refractivity contribution in [2.75, 3.05) is 22.7 Å². The normalized spacial score (nSPS) is 11.7. The molecule has 3 aromatic rings. The van der Waals surface area contributed by atoms with E-state index < -0.39 is 40.1 Å². The molecule has 3 rings (SSSR count). The molecule has 2 amide bonds. The van der Waals surface area contributed by atoms with Gasteiger partial charge in [0.15, 0.2) is 0 Å². The second kappa shape index (κ2) is 11.5. The van der Waals surface area contributed by atoms with E-state index in [9.17, 15) is 31.2 Å². The van der Waals surface area contributed by atoms with Crippen molar-refractivity contribution in [3.05, 3.63) is 90.0 Å². The number of nitrogens with zero attached hydrogens (tertiary/aromatic N) is 1. The van der Waals surface area contributed by atoms with Crippen LogP contribution in [-0.4, -0.2) is 33.3 Å². The second-order valence-corrected chi connectivity index (χ2v) is 10.4. The smallest absolute Gasteiger partial charge is 0.352 e. The summed E-state index contributed by atoms with van der Waals surface area (Å²) in [7, 11) is -4.42. The van der Waals surface area contributed by atoms with Gasteiger partial charge in [-0.25, -0.2) is 8.42 Å². The Morgan fingerprint density at radius 2 is 1.57 bits per heavy atom. The molecular weight excluding hydrogens is 507 g/mol. The van der Waals surface area contributed by atoms with Crippen LogP contribution >= 0.6 is 0 Å². The minimum Gasteiger partial charge on any atom is -0.352 e. The van der Waals surface area contributed by atoms with E-state index in [1.807, 2.05) is 13.8 Å². The predicted octanol–water partition coefficient (Wildman–Crippen LogP) is 4.93. The lowest BCUT2D eigenvalue weighted by Crippen LogP contribution is -2.38. The summed E-state index contributed by atoms with van der Waals surface area (Å²) in [6.45, 7) is 3.41. The fourth-order valence-electron chi connectivity index (χ4n) is 3.37. The number of sulfonamides is 1. The van der Waals surface area contributed by atoms with E-state index in [0.717, 1.165) is 12.1 Å². The summed E-state index contributed by atoms with van der Waals surface area (Å²) in [6.07, 6.45) is -4.72. The number of benzene rings is 3. The molecule has 196 valence electrons. The van der Waals surface area contributed by atoms with Crippen molar-refractivity contribution < 1.29 is 31.2 Å². The Kier molecular flexibility index (Phi) is 8.59. The number of carbonyl (C=O) groups excluding carboxylic acids is 2. The minimum absolute atomic E-state index is 0.134. The zero-order valence-corrected chi connectivity index (χ0v) is 20.9. The number of alkyl halides is 3. The third-order valence-electron chi connectivity index (χ3n) is 5.20. The number of amides is 2. The van der Waals surface area contributed by atoms with E-state index in [1.165, 1.54) is 42.5 Å². The number of para-hydroxylation sites is 1. The van der Waals surface area contributed by atoms with Gasteiger partial charge in [-0.15, -0.1) is 0 Å². The average Bonchev–Trinajstić information content (AvgIpc) is 2.86. The van der Waals surface area contributed by atoms with Crippen molar-refractivity contribution in [3.8, 4) is 0 Å². The zero-order valence-electron chi connectivity index (χ0n) is 20.1. The first-order valence-electron chi connectivity index (χ1n) is 11.3. The maximum atomic E-state index is 13.4. The molecule has 0 aromatic heterocycles. The lowest BCUT2D eigenvalue weighted by atomic mass is 10.1. The summed E-state index contributed by atoms with van der Waals surface area (Å²) in [6, 6.07) is 16.9. The third-order valence-corrected chi connectivity index (χ3v) is 6.98. The quantitative estimate of drug-likeness (QED) is 0.408. The molecule has 0 unspecified atom stereocenters. The zero-order chi connectivity index (χ0) is 27.2. The van der Waals surface area contributed by atoms with Gasteiger partial charge in [-0.1, -0.05) is 50.2 Å². The maximum Gasteiger partial charge on any atom is 0.416 e. The van der Waals surface area contributed by atoms with Crippen LogP contribution in [0.5, 0.6) is 0 Å². The van der Waals surface area contributed by atoms with E-state index in [-0.39, 0.29) is 27.8 Å². The van der Waals surface area contributed by atoms with E-state index in [1.54, 1.807) is 18.2 Å². The number of carbonyl (C=O) groups is 2. The van der Waals surface area contributed by atoms with Gasteiger partial charge in [0.05, 0.1) is 27.4 Å². The van der Waals surface area contributed by atoms with Crippen LogP contribution in [0.1, 0.15) is 29.8 Å². The Hall–Kier alpha value is -3.86. The standard InChI is InChI=1S/C26H26F3N3O4S/c1-18(2)16-30-25(34)22-13-6-7-14-23(22)31-24(33)17-32(37(35,36)21-11-4-3-5-12-21)20-10-8-9-19(15-20)26(27,28)29/h3-15,18H,16-17H2,1-2H3,(H,30,34)(H,31,33). The lowest BCUT2D eigenvalue weighted by molar-refractivity contribution is -0.137. The van der Waals surface area contributed by atoms with Crippen molar-refractivity contribution in [3.63, 3.8) is 0 Å². The van der Waals surface area contributed by atoms with Crippen LogP contribution in [0, 0.1) is 5.92 Å². The molecule has 0 saturated heterocycles. The Labute approximate surface area is 213 Å². The molecule has 0 bridgehead atoms. The molecule has 0 spiro atoms. The molecule has 0 fully saturated rings. The van der Waals surface area contributed by atoms with Crippen molar-refractivity contribution in [1.29, 1.82) is 0 Å². The van der Waals surface area contributed by atoms with Gasteiger partial charge in [0.1, 0.15) is 6.54 Å². The van der Waals surface area contributed by atoms with E-state index in [4.69, 9.17) is 0 Å². The number of hydrogen-bond acceptors (Lipinski definition) is 4. The fourth-order valence-corrected chi connectivity index (χ4v) is 4.81. The molecule has 0 radical (unpaired) electrons. The monoisotopic (exact) mass is 533 g/mol. The molecule has 0 aliphatic carbocycles. The molecule has 0 heterocycles. The summed E-state index contributed by atoms with van der Waals surface area (Å²) in [5, 5.41) is 5.26. The number of halogens is 3. The van der Waals surface area contributed by atoms with Crippen molar-refractivity contribution >= 4 is 33.2 Å². The van der Waals surface area contributed by atoms with Crippen LogP contribution < -0.4 is 14.9 Å². The van der Waals surface area contributed by atoms with Gasteiger partial charge in [0.25, 0.3) is 15.9 Å². The van der Waals surface area contributed by atoms with Gasteiger partial charge in [-0.2, -0.15) is 13.2 Å². The molecule has 3 aromatic carbocycles. The minimum atomic E-state index is -4.72. The van der Waals surface area contributed by atoms with Gasteiger partial charge in [0.2, 0.25) is 5.91 Å². The third kappa shape index (κ3) is 7.10. The van der Waals surface area contributed by atoms with Crippen LogP contribution in [0.3, 0.4) is 0 Å². The number of rotatable bonds is 9. The van der Waals surface area contributed by atoms with Gasteiger partial charge in [0, 0.05) is 6.54 Å². The first kappa shape index (κ1) is 27.7. The van der Waals surface area contributed by atoms with Crippen LogP contribution in [-0.2, 0) is 21.0 Å². The SMILES string of the molecule is CC(C)CNC(=O)c1ccccc1NC(=O)CN(c1cccc(C(F)(F)F)c1)S(=O)(=O)c1ccccc1. The number of nitrogens with one attached hydrogen (secondary N) is 2. The van der Waals surface area contributed by atoms with Gasteiger partial charge < -0.3 is 10.6 Å². The van der Waals surface area contributed by atoms with Gasteiger partial charge >= 0.3 is 6.18 Å². The highest BCUT2D eigenvalue weighted by Gasteiger charge is 2.33. The number of anilines is 2. The first-order valence-corrected chi connectivity index (χ1v) is 12.8. The Bertz CT molecular complexity index is 1360. The molecule has 2 N–H and O–H groups in total. The fraction of sp³-hybridized carbons (Fsp3) is 0.231. The van der Waals surface area contributed by atoms with E-state index in [2.05, 4.69) is 10.6 Å². The van der Waals surface area contributed by atoms with E-state index in [0.29, 0.717) is 16.9 Å². The maximum absolute atomic E-state index is 13.4. The molecular formula is C26H26F3N3O4S. The van der Waals surface area contributed by atoms with Crippen molar-refractivity contribution in [2.45, 2.75) is 24.9 Å². The van der Waals surface area contributed by atoms with Crippen LogP contribution in [0.25, 0.3) is 0 Å². The van der Waals surface area contributed by atoms with Crippen LogP contribution in [0.15, 0.2) is 83.8 Å². The Morgan fingerprint density at radius 3 is 2.22 bits per heavy atom. The summed E-state index contributed by atoms with van der Waals surface area (Å²) >= 11 is 0. The number of hydrogen-bond donors (Lipinski definition) is 2. The molecule has 37 heavy (non-hydrogen) atoms. The van der Waals surface area contributed by atoms with Crippen LogP contribution in [0.2, 0.25) is 0 Å². The Morgan fingerprint density at radius 1 is 0.919 bits per heavy atom. The van der Waals surface area contributed by atoms with Crippen LogP contribution in [0.4, 0.5) is 24.5 Å². The molecule has 0 saturated carbocycles. The summed E-state index contributed by atoms with van der Waals surface area (Å²) in [4.78, 5) is 25.4. The first-order chi connectivity index (χ1) is 17.4. The highest BCUT2D eigenvalue weighted by atomic mass is 32.2. The molecule has 0 aliphatic rings. The molecule has 0 atom stereocenters. The summed E-state index contributed by atoms with van der Waals surface area (Å²) in [5.41, 5.74) is -1.11. The second-order valence-electron chi connectivity index (χ2n) is 8.57.